The largest absolute Gasteiger partial charge is 0.507 e. The molecule has 2 heterocycles. The molecule has 2 aromatic carbocycles. The third kappa shape index (κ3) is 4.52. The van der Waals surface area contributed by atoms with E-state index in [1.54, 1.807) is 43.3 Å². The van der Waals surface area contributed by atoms with Crippen molar-refractivity contribution in [1.82, 2.24) is 5.16 Å². The summed E-state index contributed by atoms with van der Waals surface area (Å²) < 4.78 is 15.4. The molecule has 0 spiro atoms. The predicted molar refractivity (Wildman–Crippen MR) is 126 cm³/mol. The number of hydrogen-bond acceptors (Lipinski definition) is 8. The van der Waals surface area contributed by atoms with Gasteiger partial charge in [0.2, 0.25) is 0 Å². The molecule has 1 unspecified atom stereocenters. The van der Waals surface area contributed by atoms with E-state index in [9.17, 15) is 19.5 Å². The average Bonchev–Trinajstić information content (AvgIpc) is 3.42. The van der Waals surface area contributed by atoms with Gasteiger partial charge in [0.1, 0.15) is 17.3 Å². The quantitative estimate of drug-likeness (QED) is 0.233. The van der Waals surface area contributed by atoms with Gasteiger partial charge in [-0.3, -0.25) is 14.5 Å². The second-order valence-corrected chi connectivity index (χ2v) is 7.95. The lowest BCUT2D eigenvalue weighted by atomic mass is 9.94. The highest BCUT2D eigenvalue weighted by Crippen LogP contribution is 2.42. The van der Waals surface area contributed by atoms with Gasteiger partial charge >= 0.3 is 11.9 Å². The van der Waals surface area contributed by atoms with Gasteiger partial charge in [0.25, 0.3) is 5.78 Å². The van der Waals surface area contributed by atoms with E-state index in [1.165, 1.54) is 30.2 Å². The topological polar surface area (TPSA) is 119 Å². The van der Waals surface area contributed by atoms with Crippen LogP contribution in [0, 0.1) is 6.92 Å². The fourth-order valence-electron chi connectivity index (χ4n) is 3.85. The number of benzene rings is 2. The first-order valence-electron chi connectivity index (χ1n) is 11.0. The second kappa shape index (κ2) is 9.84. The Morgan fingerprint density at radius 3 is 2.31 bits per heavy atom. The summed E-state index contributed by atoms with van der Waals surface area (Å²) in [5.74, 6) is -1.38. The van der Waals surface area contributed by atoms with Gasteiger partial charge in [0.15, 0.2) is 5.82 Å². The Morgan fingerprint density at radius 1 is 1.09 bits per heavy atom. The molecule has 1 aliphatic rings. The van der Waals surface area contributed by atoms with Gasteiger partial charge in [-0.1, -0.05) is 24.2 Å². The van der Waals surface area contributed by atoms with E-state index in [0.717, 1.165) is 6.42 Å². The minimum Gasteiger partial charge on any atom is -0.507 e. The van der Waals surface area contributed by atoms with Crippen LogP contribution in [0.5, 0.6) is 5.75 Å². The van der Waals surface area contributed by atoms with Gasteiger partial charge in [0, 0.05) is 11.6 Å². The molecular formula is C26H24N2O7. The van der Waals surface area contributed by atoms with Crippen molar-refractivity contribution in [2.45, 2.75) is 26.3 Å². The Labute approximate surface area is 201 Å². The smallest absolute Gasteiger partial charge is 0.337 e. The van der Waals surface area contributed by atoms with Crippen LogP contribution in [0.15, 0.2) is 64.7 Å². The van der Waals surface area contributed by atoms with E-state index >= 15 is 0 Å². The Hall–Kier alpha value is -4.40. The number of aliphatic hydroxyl groups excluding tert-OH is 1. The number of hydrogen-bond donors (Lipinski definition) is 1. The Kier molecular flexibility index (Phi) is 6.68. The summed E-state index contributed by atoms with van der Waals surface area (Å²) in [6, 6.07) is 13.4. The molecule has 0 radical (unpaired) electrons. The molecule has 1 atom stereocenters. The molecule has 35 heavy (non-hydrogen) atoms. The maximum atomic E-state index is 13.2. The molecule has 9 heteroatoms. The van der Waals surface area contributed by atoms with Crippen LogP contribution in [0.3, 0.4) is 0 Å². The molecule has 9 nitrogen and oxygen atoms in total. The maximum absolute atomic E-state index is 13.2. The fourth-order valence-corrected chi connectivity index (χ4v) is 3.85. The molecule has 1 saturated heterocycles. The molecule has 0 bridgehead atoms. The van der Waals surface area contributed by atoms with Gasteiger partial charge in [0.05, 0.1) is 30.9 Å². The molecular weight excluding hydrogens is 452 g/mol. The maximum Gasteiger partial charge on any atom is 0.337 e. The first-order chi connectivity index (χ1) is 16.8. The zero-order chi connectivity index (χ0) is 25.1. The molecule has 1 aromatic heterocycles. The molecule has 3 aromatic rings. The highest BCUT2D eigenvalue weighted by atomic mass is 16.5. The summed E-state index contributed by atoms with van der Waals surface area (Å²) in [7, 11) is 1.27. The van der Waals surface area contributed by atoms with E-state index in [4.69, 9.17) is 14.0 Å². The van der Waals surface area contributed by atoms with Crippen molar-refractivity contribution >= 4 is 29.2 Å². The van der Waals surface area contributed by atoms with Crippen molar-refractivity contribution < 1.29 is 33.5 Å². The van der Waals surface area contributed by atoms with Crippen LogP contribution in [0.25, 0.3) is 5.76 Å². The fraction of sp³-hybridized carbons (Fsp3) is 0.231. The van der Waals surface area contributed by atoms with Crippen molar-refractivity contribution in [2.24, 2.45) is 0 Å². The zero-order valence-electron chi connectivity index (χ0n) is 19.5. The summed E-state index contributed by atoms with van der Waals surface area (Å²) >= 11 is 0. The molecule has 4 rings (SSSR count). The predicted octanol–water partition coefficient (Wildman–Crippen LogP) is 4.18. The number of ketones is 1. The first-order valence-corrected chi connectivity index (χ1v) is 11.0. The lowest BCUT2D eigenvalue weighted by Crippen LogP contribution is -2.29. The van der Waals surface area contributed by atoms with Gasteiger partial charge < -0.3 is 19.1 Å². The van der Waals surface area contributed by atoms with Crippen molar-refractivity contribution in [2.75, 3.05) is 18.6 Å². The highest BCUT2D eigenvalue weighted by molar-refractivity contribution is 6.51. The normalized spacial score (nSPS) is 17.0. The van der Waals surface area contributed by atoms with Crippen molar-refractivity contribution in [1.29, 1.82) is 0 Å². The number of aromatic nitrogens is 1. The second-order valence-electron chi connectivity index (χ2n) is 7.95. The van der Waals surface area contributed by atoms with Gasteiger partial charge in [-0.2, -0.15) is 0 Å². The van der Waals surface area contributed by atoms with Crippen molar-refractivity contribution in [3.05, 3.63) is 82.6 Å². The highest BCUT2D eigenvalue weighted by Gasteiger charge is 2.48. The van der Waals surface area contributed by atoms with Crippen LogP contribution in [-0.4, -0.2) is 41.6 Å². The molecule has 0 saturated carbocycles. The van der Waals surface area contributed by atoms with Crippen LogP contribution >= 0.6 is 0 Å². The van der Waals surface area contributed by atoms with Crippen LogP contribution < -0.4 is 9.64 Å². The lowest BCUT2D eigenvalue weighted by molar-refractivity contribution is -0.132. The summed E-state index contributed by atoms with van der Waals surface area (Å²) in [6.07, 6.45) is 0.849. The average molecular weight is 476 g/mol. The molecule has 1 aliphatic heterocycles. The number of nitrogens with zero attached hydrogens (tertiary/aromatic N) is 2. The van der Waals surface area contributed by atoms with Gasteiger partial charge in [-0.25, -0.2) is 4.79 Å². The van der Waals surface area contributed by atoms with E-state index in [2.05, 4.69) is 5.16 Å². The number of aliphatic hydroxyl groups is 1. The molecule has 1 fully saturated rings. The number of Topliss-reactive ketones (excluding diaryl/α,β-unsaturated/α-hetero) is 1. The number of carbonyl (C=O) groups excluding carboxylic acids is 3. The summed E-state index contributed by atoms with van der Waals surface area (Å²) in [5.41, 5.74) is 1.03. The third-order valence-electron chi connectivity index (χ3n) is 5.55. The van der Waals surface area contributed by atoms with Crippen LogP contribution in [0.2, 0.25) is 0 Å². The number of esters is 1. The van der Waals surface area contributed by atoms with Crippen LogP contribution in [0.1, 0.15) is 46.6 Å². The monoisotopic (exact) mass is 476 g/mol. The number of anilines is 1. The number of ether oxygens (including phenoxy) is 2. The van der Waals surface area contributed by atoms with Crippen LogP contribution in [-0.2, 0) is 14.3 Å². The van der Waals surface area contributed by atoms with E-state index in [-0.39, 0.29) is 17.2 Å². The van der Waals surface area contributed by atoms with E-state index < -0.39 is 23.7 Å². The Morgan fingerprint density at radius 2 is 1.74 bits per heavy atom. The standard InChI is InChI=1S/C26H24N2O7/c1-4-13-34-19-11-9-17(10-12-19)23(29)21-22(16-5-7-18(8-6-16)26(32)33-3)28(25(31)24(21)30)20-14-15(2)35-27-20/h5-12,14,22,29H,4,13H2,1-3H3. The zero-order valence-corrected chi connectivity index (χ0v) is 19.5. The Bertz CT molecular complexity index is 1290. The first kappa shape index (κ1) is 23.7. The minimum absolute atomic E-state index is 0.108. The number of amides is 1. The summed E-state index contributed by atoms with van der Waals surface area (Å²) in [5, 5.41) is 15.1. The third-order valence-corrected chi connectivity index (χ3v) is 5.55. The van der Waals surface area contributed by atoms with Crippen molar-refractivity contribution in [3.8, 4) is 5.75 Å². The van der Waals surface area contributed by atoms with Gasteiger partial charge in [-0.15, -0.1) is 0 Å². The van der Waals surface area contributed by atoms with E-state index in [0.29, 0.717) is 34.8 Å². The van der Waals surface area contributed by atoms with Crippen LogP contribution in [0.4, 0.5) is 5.82 Å². The summed E-state index contributed by atoms with van der Waals surface area (Å²) in [6.45, 7) is 4.21. The molecule has 1 amide bonds. The lowest BCUT2D eigenvalue weighted by Gasteiger charge is -2.23. The van der Waals surface area contributed by atoms with E-state index in [1.807, 2.05) is 6.92 Å². The Balaban J connectivity index is 1.83. The van der Waals surface area contributed by atoms with Gasteiger partial charge in [-0.05, 0) is 55.3 Å². The number of carbonyl (C=O) groups is 3. The molecule has 180 valence electrons. The minimum atomic E-state index is -0.998. The molecule has 0 aliphatic carbocycles. The SMILES string of the molecule is CCCOc1ccc(C(O)=C2C(=O)C(=O)N(c3cc(C)on3)C2c2ccc(C(=O)OC)cc2)cc1. The molecule has 1 N–H and O–H groups in total. The number of rotatable bonds is 7. The number of aryl methyl sites for hydroxylation is 1. The van der Waals surface area contributed by atoms with Crippen molar-refractivity contribution in [3.63, 3.8) is 0 Å². The number of methoxy groups -OCH3 is 1. The summed E-state index contributed by atoms with van der Waals surface area (Å²) in [4.78, 5) is 39.3.